The number of carboxylic acid groups (broad SMARTS) is 2. The second-order valence-corrected chi connectivity index (χ2v) is 22.8. The Morgan fingerprint density at radius 2 is 1.63 bits per heavy atom. The highest BCUT2D eigenvalue weighted by Crippen LogP contribution is 2.46. The van der Waals surface area contributed by atoms with Crippen LogP contribution in [0.25, 0.3) is 22.3 Å². The number of ether oxygens (including phenoxy) is 6. The number of halogens is 1. The summed E-state index contributed by atoms with van der Waals surface area (Å²) >= 11 is 0. The van der Waals surface area contributed by atoms with Gasteiger partial charge in [-0.2, -0.15) is 0 Å². The number of carbonyl (C=O) groups excluding carboxylic acids is 8. The van der Waals surface area contributed by atoms with Crippen LogP contribution in [0.2, 0.25) is 0 Å². The summed E-state index contributed by atoms with van der Waals surface area (Å²) in [5.74, 6) is -9.69. The molecule has 6 heterocycles. The molecule has 9 atom stereocenters. The first kappa shape index (κ1) is 69.4. The van der Waals surface area contributed by atoms with Gasteiger partial charge in [-0.1, -0.05) is 13.0 Å². The SMILES string of the molecule is CCC1(O)C(=O)OCc2c1cc1n(c2=O)Cc2c-1nc1cc(F)c(C)c3c1c2[C@@H](NC(=O)O[C@H](CNC(=O)CC[C@H](NC(=O)COCCOCCNC(=O)CCN1C(=O)C=CC1=O)C(=O)N(C)CC(=O)O)c1ccc(O[C@@H]2OC(C(=O)O)[C@@H](O)[C@H](O)C2O)c([N+](=O)[O-])c1)CC3. The van der Waals surface area contributed by atoms with E-state index in [1.54, 1.807) is 6.92 Å². The summed E-state index contributed by atoms with van der Waals surface area (Å²) in [6.07, 6.45) is -12.6. The molecular weight excluding hydrogens is 1270 g/mol. The molecule has 0 spiro atoms. The predicted molar refractivity (Wildman–Crippen MR) is 315 cm³/mol. The fourth-order valence-corrected chi connectivity index (χ4v) is 11.7. The lowest BCUT2D eigenvalue weighted by molar-refractivity contribution is -0.387. The topological polar surface area (TPSA) is 480 Å². The van der Waals surface area contributed by atoms with Crippen molar-refractivity contribution in [3.8, 4) is 17.1 Å². The number of aliphatic hydroxyl groups excluding tert-OH is 3. The zero-order valence-electron chi connectivity index (χ0n) is 51.0. The number of cyclic esters (lactones) is 1. The van der Waals surface area contributed by atoms with E-state index in [-0.39, 0.29) is 104 Å². The number of nitro benzene ring substituents is 1. The molecule has 4 aromatic rings. The van der Waals surface area contributed by atoms with Gasteiger partial charge >= 0.3 is 29.7 Å². The number of alkyl carbamates (subject to hydrolysis) is 1. The Labute approximate surface area is 536 Å². The van der Waals surface area contributed by atoms with Gasteiger partial charge in [-0.05, 0) is 61.4 Å². The van der Waals surface area contributed by atoms with Crippen LogP contribution in [0, 0.1) is 22.9 Å². The third-order valence-corrected chi connectivity index (χ3v) is 16.7. The number of nitro groups is 1. The highest BCUT2D eigenvalue weighted by Gasteiger charge is 2.49. The minimum Gasteiger partial charge on any atom is -0.480 e. The maximum atomic E-state index is 15.7. The minimum atomic E-state index is -2.19. The number of pyridine rings is 2. The molecule has 95 heavy (non-hydrogen) atoms. The monoisotopic (exact) mass is 1330 g/mol. The molecule has 2 aromatic carbocycles. The number of aliphatic hydroxyl groups is 4. The number of aliphatic carboxylic acids is 2. The summed E-state index contributed by atoms with van der Waals surface area (Å²) in [4.78, 5) is 160. The Hall–Kier alpha value is -9.91. The van der Waals surface area contributed by atoms with Gasteiger partial charge in [-0.3, -0.25) is 53.4 Å². The fourth-order valence-electron chi connectivity index (χ4n) is 11.7. The van der Waals surface area contributed by atoms with Crippen molar-refractivity contribution in [1.82, 2.24) is 40.6 Å². The van der Waals surface area contributed by atoms with Crippen LogP contribution in [0.5, 0.6) is 5.75 Å². The first-order valence-corrected chi connectivity index (χ1v) is 29.8. The molecule has 1 saturated heterocycles. The Balaban J connectivity index is 0.920. The van der Waals surface area contributed by atoms with Gasteiger partial charge in [0, 0.05) is 79.3 Å². The van der Waals surface area contributed by atoms with Crippen LogP contribution in [0.1, 0.15) is 90.1 Å². The average Bonchev–Trinajstić information content (AvgIpc) is 1.61. The van der Waals surface area contributed by atoms with Crippen molar-refractivity contribution in [2.24, 2.45) is 0 Å². The minimum absolute atomic E-state index is 0.00281. The van der Waals surface area contributed by atoms with Gasteiger partial charge in [0.15, 0.2) is 17.5 Å². The van der Waals surface area contributed by atoms with E-state index in [4.69, 9.17) is 33.4 Å². The number of esters is 1. The summed E-state index contributed by atoms with van der Waals surface area (Å²) in [5, 5.41) is 85.3. The summed E-state index contributed by atoms with van der Waals surface area (Å²) < 4.78 is 49.7. The van der Waals surface area contributed by atoms with E-state index in [0.29, 0.717) is 22.1 Å². The number of likely N-dealkylation sites (N-methyl/N-ethyl adjacent to an activating group) is 1. The van der Waals surface area contributed by atoms with Gasteiger partial charge in [-0.25, -0.2) is 23.8 Å². The smallest absolute Gasteiger partial charge is 0.408 e. The van der Waals surface area contributed by atoms with Crippen molar-refractivity contribution < 1.29 is 116 Å². The number of imide groups is 1. The largest absolute Gasteiger partial charge is 0.480 e. The van der Waals surface area contributed by atoms with Gasteiger partial charge < -0.3 is 89.8 Å². The molecule has 2 aromatic heterocycles. The van der Waals surface area contributed by atoms with Gasteiger partial charge in [0.1, 0.15) is 56.0 Å². The molecule has 34 nitrogen and oxygen atoms in total. The number of amides is 7. The summed E-state index contributed by atoms with van der Waals surface area (Å²) in [6, 6.07) is 2.96. The van der Waals surface area contributed by atoms with E-state index in [0.717, 1.165) is 47.2 Å². The second kappa shape index (κ2) is 29.2. The van der Waals surface area contributed by atoms with Gasteiger partial charge in [0.05, 0.1) is 66.3 Å². The number of benzene rings is 2. The number of fused-ring (bicyclic) bond motifs is 5. The van der Waals surface area contributed by atoms with Gasteiger partial charge in [0.2, 0.25) is 29.9 Å². The fraction of sp³-hybridized carbons (Fsp3) is 0.467. The van der Waals surface area contributed by atoms with Crippen molar-refractivity contribution >= 4 is 76.0 Å². The number of aromatic nitrogens is 2. The quantitative estimate of drug-likeness (QED) is 0.00900. The molecule has 5 aliphatic rings. The highest BCUT2D eigenvalue weighted by molar-refractivity contribution is 6.13. The molecule has 0 radical (unpaired) electrons. The summed E-state index contributed by atoms with van der Waals surface area (Å²) in [7, 11) is 1.13. The van der Waals surface area contributed by atoms with E-state index in [2.05, 4.69) is 21.3 Å². The molecule has 0 saturated carbocycles. The highest BCUT2D eigenvalue weighted by atomic mass is 19.1. The molecule has 35 heteroatoms. The lowest BCUT2D eigenvalue weighted by Gasteiger charge is -2.38. The van der Waals surface area contributed by atoms with E-state index in [1.165, 1.54) is 23.6 Å². The number of carboxylic acids is 2. The molecule has 508 valence electrons. The standard InChI is InChI=1S/C60H66FN9O25/c1-4-60(87)32-20-38-49-30(23-69(38)54(81)31(32)25-92-58(60)85)48-34(7-6-29-27(2)33(61)21-36(65-49)47(29)48)66-59(86)94-40(28-5-9-39(37(19-28)70(88)89)93-57-52(80)50(78)51(79)53(95-57)56(83)84)22-63-41(71)10-8-35(55(82)67(3)24-46(76)77)64-43(73)26-91-18-17-90-16-14-62-42(72)13-15-68-44(74)11-12-45(68)75/h5,9,11-12,19-21,34-35,40,50-53,57,78-80,87H,4,6-8,10,13-18,22-26H2,1-3H3,(H,62,72)(H,63,71)(H,64,73)(H,66,86)(H,76,77)(H,83,84)/t34-,35-,40+,50-,51-,52?,53?,57+,60?/m0/s1. The van der Waals surface area contributed by atoms with Crippen LogP contribution in [-0.2, 0) is 92.0 Å². The summed E-state index contributed by atoms with van der Waals surface area (Å²) in [6.45, 7) is 0.0386. The predicted octanol–water partition coefficient (Wildman–Crippen LogP) is -1.45. The van der Waals surface area contributed by atoms with Gasteiger partial charge in [0.25, 0.3) is 17.4 Å². The summed E-state index contributed by atoms with van der Waals surface area (Å²) in [5.41, 5.74) is -1.85. The van der Waals surface area contributed by atoms with Crippen LogP contribution in [0.3, 0.4) is 0 Å². The van der Waals surface area contributed by atoms with E-state index in [9.17, 15) is 93.5 Å². The Morgan fingerprint density at radius 3 is 2.33 bits per heavy atom. The normalized spacial score (nSPS) is 21.3. The van der Waals surface area contributed by atoms with Crippen molar-refractivity contribution in [3.05, 3.63) is 108 Å². The van der Waals surface area contributed by atoms with Gasteiger partial charge in [-0.15, -0.1) is 0 Å². The Bertz CT molecular complexity index is 3880. The maximum Gasteiger partial charge on any atom is 0.408 e. The maximum absolute atomic E-state index is 15.7. The number of nitrogens with one attached hydrogen (secondary N) is 4. The Kier molecular flexibility index (Phi) is 21.3. The molecule has 9 rings (SSSR count). The van der Waals surface area contributed by atoms with Crippen LogP contribution < -0.4 is 31.6 Å². The molecule has 1 fully saturated rings. The van der Waals surface area contributed by atoms with Crippen LogP contribution in [0.15, 0.2) is 47.3 Å². The molecule has 7 amide bonds. The molecule has 10 N–H and O–H groups in total. The molecule has 0 bridgehead atoms. The number of hydrogen-bond acceptors (Lipinski definition) is 24. The van der Waals surface area contributed by atoms with E-state index < -0.39 is 181 Å². The molecule has 3 unspecified atom stereocenters. The van der Waals surface area contributed by atoms with Crippen LogP contribution in [-0.4, -0.2) is 211 Å². The average molecular weight is 1330 g/mol. The first-order valence-electron chi connectivity index (χ1n) is 29.8. The number of nitrogens with zero attached hydrogens (tertiary/aromatic N) is 5. The van der Waals surface area contributed by atoms with Crippen molar-refractivity contribution in [1.29, 1.82) is 0 Å². The lowest BCUT2D eigenvalue weighted by Crippen LogP contribution is -2.61. The number of rotatable bonds is 28. The van der Waals surface area contributed by atoms with E-state index in [1.807, 2.05) is 0 Å². The van der Waals surface area contributed by atoms with Crippen LogP contribution >= 0.6 is 0 Å². The van der Waals surface area contributed by atoms with E-state index >= 15 is 4.39 Å². The number of aryl methyl sites for hydroxylation is 1. The lowest BCUT2D eigenvalue weighted by atomic mass is 9.81. The third-order valence-electron chi connectivity index (χ3n) is 16.7. The third kappa shape index (κ3) is 14.9. The zero-order valence-corrected chi connectivity index (χ0v) is 51.0. The molecule has 4 aliphatic heterocycles. The van der Waals surface area contributed by atoms with Crippen molar-refractivity contribution in [3.63, 3.8) is 0 Å². The van der Waals surface area contributed by atoms with Crippen LogP contribution in [0.4, 0.5) is 14.9 Å². The Morgan fingerprint density at radius 1 is 0.916 bits per heavy atom. The number of hydrogen-bond donors (Lipinski definition) is 10. The zero-order chi connectivity index (χ0) is 68.9. The number of carbonyl (C=O) groups is 10. The molecular formula is C60H66FN9O25. The molecule has 1 aliphatic carbocycles. The second-order valence-electron chi connectivity index (χ2n) is 22.8. The van der Waals surface area contributed by atoms with Crippen molar-refractivity contribution in [2.45, 2.75) is 120 Å². The first-order chi connectivity index (χ1) is 45.1. The van der Waals surface area contributed by atoms with Crippen molar-refractivity contribution in [2.75, 3.05) is 59.7 Å².